The highest BCUT2D eigenvalue weighted by Crippen LogP contribution is 2.32. The van der Waals surface area contributed by atoms with Gasteiger partial charge < -0.3 is 9.32 Å². The van der Waals surface area contributed by atoms with Crippen LogP contribution >= 0.6 is 23.2 Å². The normalized spacial score (nSPS) is 15.1. The highest BCUT2D eigenvalue weighted by atomic mass is 35.5. The Morgan fingerprint density at radius 1 is 1.16 bits per heavy atom. The van der Waals surface area contributed by atoms with Gasteiger partial charge in [-0.1, -0.05) is 23.2 Å². The molecule has 1 fully saturated rings. The van der Waals surface area contributed by atoms with Gasteiger partial charge in [0.25, 0.3) is 5.91 Å². The molecule has 3 rings (SSSR count). The number of hydrogen-bond donors (Lipinski definition) is 0. The number of benzene rings is 1. The molecule has 1 amide bonds. The van der Waals surface area contributed by atoms with Crippen molar-refractivity contribution in [2.24, 2.45) is 0 Å². The third kappa shape index (κ3) is 4.07. The Kier molecular flexibility index (Phi) is 5.47. The maximum atomic E-state index is 12.5. The molecule has 0 unspecified atom stereocenters. The number of nitriles is 1. The van der Waals surface area contributed by atoms with E-state index in [2.05, 4.69) is 0 Å². The summed E-state index contributed by atoms with van der Waals surface area (Å²) >= 11 is 12.2. The number of nitrogens with zero attached hydrogens (tertiary/aromatic N) is 2. The molecule has 25 heavy (non-hydrogen) atoms. The molecule has 2 heterocycles. The van der Waals surface area contributed by atoms with Crippen LogP contribution in [0.2, 0.25) is 10.0 Å². The Balaban J connectivity index is 1.85. The van der Waals surface area contributed by atoms with Crippen LogP contribution in [0.5, 0.6) is 0 Å². The molecule has 1 aromatic heterocycles. The minimum absolute atomic E-state index is 0.0694. The fraction of sp³-hybridized carbons (Fsp3) is 0.263. The van der Waals surface area contributed by atoms with Gasteiger partial charge in [-0.3, -0.25) is 4.79 Å². The summed E-state index contributed by atoms with van der Waals surface area (Å²) in [6, 6.07) is 10.5. The monoisotopic (exact) mass is 374 g/mol. The van der Waals surface area contributed by atoms with Crippen LogP contribution in [0.25, 0.3) is 17.4 Å². The zero-order valence-electron chi connectivity index (χ0n) is 13.5. The smallest absolute Gasteiger partial charge is 0.264 e. The molecule has 0 bridgehead atoms. The summed E-state index contributed by atoms with van der Waals surface area (Å²) in [6.07, 6.45) is 4.54. The Bertz CT molecular complexity index is 859. The van der Waals surface area contributed by atoms with Gasteiger partial charge in [0.05, 0.1) is 5.02 Å². The van der Waals surface area contributed by atoms with E-state index in [0.29, 0.717) is 40.2 Å². The molecule has 0 aliphatic carbocycles. The lowest BCUT2D eigenvalue weighted by molar-refractivity contribution is -0.127. The lowest BCUT2D eigenvalue weighted by Gasteiger charge is -2.26. The maximum absolute atomic E-state index is 12.5. The Morgan fingerprint density at radius 2 is 1.92 bits per heavy atom. The molecule has 128 valence electrons. The fourth-order valence-corrected chi connectivity index (χ4v) is 3.20. The van der Waals surface area contributed by atoms with Gasteiger partial charge in [-0.15, -0.1) is 0 Å². The summed E-state index contributed by atoms with van der Waals surface area (Å²) in [5.41, 5.74) is 0.731. The van der Waals surface area contributed by atoms with Crippen LogP contribution in [-0.2, 0) is 4.79 Å². The number of amides is 1. The van der Waals surface area contributed by atoms with Gasteiger partial charge in [0.2, 0.25) is 0 Å². The van der Waals surface area contributed by atoms with Crippen molar-refractivity contribution in [2.75, 3.05) is 13.1 Å². The molecular formula is C19H16Cl2N2O2. The van der Waals surface area contributed by atoms with Crippen molar-refractivity contribution in [1.82, 2.24) is 4.90 Å². The van der Waals surface area contributed by atoms with Gasteiger partial charge in [-0.2, -0.15) is 5.26 Å². The molecule has 1 aliphatic rings. The van der Waals surface area contributed by atoms with Gasteiger partial charge in [-0.25, -0.2) is 0 Å². The number of furan rings is 1. The standard InChI is InChI=1S/C19H16Cl2N2O2/c20-14-4-6-17(21)16(11-14)18-7-5-15(25-18)10-13(12-22)19(24)23-8-2-1-3-9-23/h4-7,10-11H,1-3,8-9H2/b13-10+. The van der Waals surface area contributed by atoms with Gasteiger partial charge in [0, 0.05) is 29.8 Å². The topological polar surface area (TPSA) is 57.2 Å². The first-order chi connectivity index (χ1) is 12.1. The summed E-state index contributed by atoms with van der Waals surface area (Å²) in [5, 5.41) is 10.4. The second-order valence-corrected chi connectivity index (χ2v) is 6.69. The number of halogens is 2. The van der Waals surface area contributed by atoms with E-state index in [4.69, 9.17) is 27.6 Å². The molecule has 6 heteroatoms. The lowest BCUT2D eigenvalue weighted by atomic mass is 10.1. The third-order valence-corrected chi connectivity index (χ3v) is 4.67. The Labute approximate surface area is 156 Å². The summed E-state index contributed by atoms with van der Waals surface area (Å²) in [4.78, 5) is 14.2. The first-order valence-corrected chi connectivity index (χ1v) is 8.80. The predicted octanol–water partition coefficient (Wildman–Crippen LogP) is 5.17. The maximum Gasteiger partial charge on any atom is 0.264 e. The molecule has 0 spiro atoms. The van der Waals surface area contributed by atoms with E-state index in [0.717, 1.165) is 19.3 Å². The number of carbonyl (C=O) groups excluding carboxylic acids is 1. The van der Waals surface area contributed by atoms with Gasteiger partial charge >= 0.3 is 0 Å². The van der Waals surface area contributed by atoms with Crippen LogP contribution in [0, 0.1) is 11.3 Å². The van der Waals surface area contributed by atoms with Crippen molar-refractivity contribution >= 4 is 35.2 Å². The number of likely N-dealkylation sites (tertiary alicyclic amines) is 1. The number of carbonyl (C=O) groups is 1. The van der Waals surface area contributed by atoms with Gasteiger partial charge in [0.1, 0.15) is 23.2 Å². The van der Waals surface area contributed by atoms with Crippen LogP contribution in [0.4, 0.5) is 0 Å². The van der Waals surface area contributed by atoms with E-state index in [1.165, 1.54) is 6.08 Å². The van der Waals surface area contributed by atoms with Crippen molar-refractivity contribution < 1.29 is 9.21 Å². The quantitative estimate of drug-likeness (QED) is 0.549. The van der Waals surface area contributed by atoms with E-state index in [1.54, 1.807) is 35.2 Å². The summed E-state index contributed by atoms with van der Waals surface area (Å²) in [7, 11) is 0. The van der Waals surface area contributed by atoms with Crippen molar-refractivity contribution in [3.8, 4) is 17.4 Å². The molecule has 0 atom stereocenters. The first kappa shape index (κ1) is 17.6. The third-order valence-electron chi connectivity index (χ3n) is 4.10. The molecular weight excluding hydrogens is 359 g/mol. The molecule has 1 aliphatic heterocycles. The van der Waals surface area contributed by atoms with Crippen molar-refractivity contribution in [3.63, 3.8) is 0 Å². The van der Waals surface area contributed by atoms with Crippen molar-refractivity contribution in [1.29, 1.82) is 5.26 Å². The van der Waals surface area contributed by atoms with E-state index in [9.17, 15) is 10.1 Å². The lowest BCUT2D eigenvalue weighted by Crippen LogP contribution is -2.36. The summed E-state index contributed by atoms with van der Waals surface area (Å²) < 4.78 is 5.73. The Hall–Kier alpha value is -2.22. The van der Waals surface area contributed by atoms with Crippen LogP contribution in [0.3, 0.4) is 0 Å². The molecule has 2 aromatic rings. The fourth-order valence-electron chi connectivity index (χ4n) is 2.81. The Morgan fingerprint density at radius 3 is 2.64 bits per heavy atom. The number of hydrogen-bond acceptors (Lipinski definition) is 3. The van der Waals surface area contributed by atoms with E-state index in [1.807, 2.05) is 6.07 Å². The zero-order chi connectivity index (χ0) is 17.8. The van der Waals surface area contributed by atoms with Gasteiger partial charge in [0.15, 0.2) is 0 Å². The van der Waals surface area contributed by atoms with Crippen molar-refractivity contribution in [2.45, 2.75) is 19.3 Å². The second-order valence-electron chi connectivity index (χ2n) is 5.85. The predicted molar refractivity (Wildman–Crippen MR) is 98.2 cm³/mol. The number of piperidine rings is 1. The van der Waals surface area contributed by atoms with Crippen molar-refractivity contribution in [3.05, 3.63) is 51.7 Å². The molecule has 1 saturated heterocycles. The zero-order valence-corrected chi connectivity index (χ0v) is 15.0. The average Bonchev–Trinajstić information content (AvgIpc) is 3.10. The minimum Gasteiger partial charge on any atom is -0.457 e. The molecule has 0 radical (unpaired) electrons. The highest BCUT2D eigenvalue weighted by Gasteiger charge is 2.20. The van der Waals surface area contributed by atoms with E-state index in [-0.39, 0.29) is 11.5 Å². The average molecular weight is 375 g/mol. The van der Waals surface area contributed by atoms with E-state index < -0.39 is 0 Å². The summed E-state index contributed by atoms with van der Waals surface area (Å²) in [5.74, 6) is 0.704. The molecule has 4 nitrogen and oxygen atoms in total. The van der Waals surface area contributed by atoms with E-state index >= 15 is 0 Å². The SMILES string of the molecule is N#C/C(=C\c1ccc(-c2cc(Cl)ccc2Cl)o1)C(=O)N1CCCCC1. The van der Waals surface area contributed by atoms with Gasteiger partial charge in [-0.05, 0) is 49.6 Å². The highest BCUT2D eigenvalue weighted by molar-refractivity contribution is 6.35. The van der Waals surface area contributed by atoms with Crippen LogP contribution < -0.4 is 0 Å². The molecule has 1 aromatic carbocycles. The van der Waals surface area contributed by atoms with Crippen LogP contribution in [-0.4, -0.2) is 23.9 Å². The second kappa shape index (κ2) is 7.77. The molecule has 0 N–H and O–H groups in total. The van der Waals surface area contributed by atoms with Crippen LogP contribution in [0.15, 0.2) is 40.3 Å². The largest absolute Gasteiger partial charge is 0.457 e. The van der Waals surface area contributed by atoms with Crippen LogP contribution in [0.1, 0.15) is 25.0 Å². The summed E-state index contributed by atoms with van der Waals surface area (Å²) in [6.45, 7) is 1.39. The first-order valence-electron chi connectivity index (χ1n) is 8.05. The number of rotatable bonds is 3. The molecule has 0 saturated carbocycles. The minimum atomic E-state index is -0.249.